The Morgan fingerprint density at radius 1 is 0.732 bits per heavy atom. The molecule has 0 saturated heterocycles. The molecule has 1 heterocycles. The summed E-state index contributed by atoms with van der Waals surface area (Å²) in [6.45, 7) is 5.10. The molecule has 6 heteroatoms. The van der Waals surface area contributed by atoms with E-state index in [1.807, 2.05) is 24.5 Å². The average molecular weight is 579 g/mol. The molecule has 0 aliphatic carbocycles. The molecule has 0 aliphatic rings. The number of ether oxygens (including phenoxy) is 2. The number of benzene rings is 2. The van der Waals surface area contributed by atoms with Crippen LogP contribution in [0.15, 0.2) is 54.9 Å². The van der Waals surface area contributed by atoms with Gasteiger partial charge in [0.25, 0.3) is 0 Å². The summed E-state index contributed by atoms with van der Waals surface area (Å²) in [5.74, 6) is 1.23. The van der Waals surface area contributed by atoms with E-state index in [0.29, 0.717) is 34.5 Å². The first-order chi connectivity index (χ1) is 20.1. The van der Waals surface area contributed by atoms with Crippen molar-refractivity contribution >= 4 is 17.6 Å². The summed E-state index contributed by atoms with van der Waals surface area (Å²) in [5, 5.41) is 0.408. The zero-order valence-electron chi connectivity index (χ0n) is 25.0. The van der Waals surface area contributed by atoms with Crippen molar-refractivity contribution in [1.29, 1.82) is 0 Å². The van der Waals surface area contributed by atoms with Crippen molar-refractivity contribution in [2.75, 3.05) is 6.61 Å². The molecule has 0 fully saturated rings. The summed E-state index contributed by atoms with van der Waals surface area (Å²) in [6, 6.07) is 12.3. The summed E-state index contributed by atoms with van der Waals surface area (Å²) < 4.78 is 11.4. The van der Waals surface area contributed by atoms with E-state index in [4.69, 9.17) is 21.1 Å². The van der Waals surface area contributed by atoms with Crippen LogP contribution in [0.25, 0.3) is 11.4 Å². The SMILES string of the molecule is CCCCCCCCCOc1ccc(C(=O)Oc2ccc(-c3ncc(CCCCCCCCC)cn3)cc2)cc1Cl. The molecule has 0 radical (unpaired) electrons. The van der Waals surface area contributed by atoms with Gasteiger partial charge >= 0.3 is 5.97 Å². The molecule has 3 rings (SSSR count). The number of hydrogen-bond donors (Lipinski definition) is 0. The Kier molecular flexibility index (Phi) is 15.3. The predicted molar refractivity (Wildman–Crippen MR) is 169 cm³/mol. The number of hydrogen-bond acceptors (Lipinski definition) is 5. The van der Waals surface area contributed by atoms with Gasteiger partial charge in [0.05, 0.1) is 17.2 Å². The van der Waals surface area contributed by atoms with Crippen molar-refractivity contribution in [3.05, 3.63) is 71.0 Å². The molecular formula is C35H47ClN2O3. The Bertz CT molecular complexity index is 1150. The largest absolute Gasteiger partial charge is 0.492 e. The highest BCUT2D eigenvalue weighted by Gasteiger charge is 2.13. The molecule has 5 nitrogen and oxygen atoms in total. The second kappa shape index (κ2) is 19.2. The van der Waals surface area contributed by atoms with Gasteiger partial charge in [0.2, 0.25) is 0 Å². The molecule has 0 N–H and O–H groups in total. The van der Waals surface area contributed by atoms with Gasteiger partial charge in [-0.3, -0.25) is 0 Å². The van der Waals surface area contributed by atoms with E-state index in [1.54, 1.807) is 30.3 Å². The zero-order chi connectivity index (χ0) is 29.1. The zero-order valence-corrected chi connectivity index (χ0v) is 25.8. The van der Waals surface area contributed by atoms with Crippen LogP contribution in [0.1, 0.15) is 120 Å². The fourth-order valence-corrected chi connectivity index (χ4v) is 4.98. The van der Waals surface area contributed by atoms with Crippen LogP contribution in [0.2, 0.25) is 5.02 Å². The second-order valence-electron chi connectivity index (χ2n) is 10.8. The lowest BCUT2D eigenvalue weighted by molar-refractivity contribution is 0.0734. The van der Waals surface area contributed by atoms with Gasteiger partial charge in [-0.15, -0.1) is 0 Å². The Hall–Kier alpha value is -2.92. The number of carbonyl (C=O) groups is 1. The third kappa shape index (κ3) is 12.2. The molecule has 0 bridgehead atoms. The molecule has 0 amide bonds. The molecule has 222 valence electrons. The van der Waals surface area contributed by atoms with E-state index in [2.05, 4.69) is 23.8 Å². The number of halogens is 1. The van der Waals surface area contributed by atoms with Gasteiger partial charge < -0.3 is 9.47 Å². The molecule has 2 aromatic carbocycles. The summed E-state index contributed by atoms with van der Waals surface area (Å²) >= 11 is 6.39. The van der Waals surface area contributed by atoms with Crippen molar-refractivity contribution in [2.45, 2.75) is 110 Å². The highest BCUT2D eigenvalue weighted by Crippen LogP contribution is 2.27. The third-order valence-electron chi connectivity index (χ3n) is 7.27. The maximum Gasteiger partial charge on any atom is 0.343 e. The first kappa shape index (κ1) is 32.6. The monoisotopic (exact) mass is 578 g/mol. The summed E-state index contributed by atoms with van der Waals surface area (Å²) in [4.78, 5) is 21.8. The van der Waals surface area contributed by atoms with Gasteiger partial charge in [-0.05, 0) is 67.3 Å². The Morgan fingerprint density at radius 2 is 1.32 bits per heavy atom. The molecule has 0 saturated carbocycles. The van der Waals surface area contributed by atoms with Gasteiger partial charge in [-0.2, -0.15) is 0 Å². The highest BCUT2D eigenvalue weighted by atomic mass is 35.5. The molecule has 0 spiro atoms. The number of carbonyl (C=O) groups excluding carboxylic acids is 1. The van der Waals surface area contributed by atoms with Crippen LogP contribution in [0.3, 0.4) is 0 Å². The van der Waals surface area contributed by atoms with Crippen LogP contribution in [-0.2, 0) is 6.42 Å². The summed E-state index contributed by atoms with van der Waals surface area (Å²) in [6.07, 6.45) is 22.5. The highest BCUT2D eigenvalue weighted by molar-refractivity contribution is 6.32. The van der Waals surface area contributed by atoms with Crippen molar-refractivity contribution in [2.24, 2.45) is 0 Å². The number of esters is 1. The lowest BCUT2D eigenvalue weighted by Gasteiger charge is -2.10. The standard InChI is InChI=1S/C35H47ClN2O3/c1-3-5-7-9-11-13-15-17-28-26-37-34(38-27-28)29-18-21-31(22-19-29)41-35(39)30-20-23-33(32(36)25-30)40-24-16-14-12-10-8-6-4-2/h18-23,25-27H,3-17,24H2,1-2H3. The van der Waals surface area contributed by atoms with Crippen LogP contribution < -0.4 is 9.47 Å². The van der Waals surface area contributed by atoms with E-state index in [0.717, 1.165) is 24.8 Å². The number of nitrogens with zero attached hydrogens (tertiary/aromatic N) is 2. The quantitative estimate of drug-likeness (QED) is 0.0757. The maximum absolute atomic E-state index is 12.7. The van der Waals surface area contributed by atoms with Crippen molar-refractivity contribution in [3.63, 3.8) is 0 Å². The van der Waals surface area contributed by atoms with Crippen LogP contribution >= 0.6 is 11.6 Å². The van der Waals surface area contributed by atoms with Crippen LogP contribution in [0, 0.1) is 0 Å². The predicted octanol–water partition coefficient (Wildman–Crippen LogP) is 10.4. The topological polar surface area (TPSA) is 61.3 Å². The summed E-state index contributed by atoms with van der Waals surface area (Å²) in [5.41, 5.74) is 2.42. The fraction of sp³-hybridized carbons (Fsp3) is 0.514. The molecule has 0 unspecified atom stereocenters. The first-order valence-corrected chi connectivity index (χ1v) is 16.0. The van der Waals surface area contributed by atoms with Crippen molar-refractivity contribution in [1.82, 2.24) is 9.97 Å². The van der Waals surface area contributed by atoms with E-state index in [-0.39, 0.29) is 0 Å². The molecule has 41 heavy (non-hydrogen) atoms. The number of aryl methyl sites for hydroxylation is 1. The number of aromatic nitrogens is 2. The minimum Gasteiger partial charge on any atom is -0.492 e. The van der Waals surface area contributed by atoms with Gasteiger partial charge in [0.1, 0.15) is 11.5 Å². The van der Waals surface area contributed by atoms with E-state index >= 15 is 0 Å². The Labute approximate surface area is 252 Å². The van der Waals surface area contributed by atoms with E-state index in [9.17, 15) is 4.79 Å². The van der Waals surface area contributed by atoms with Gasteiger partial charge in [-0.25, -0.2) is 14.8 Å². The molecule has 3 aromatic rings. The van der Waals surface area contributed by atoms with Gasteiger partial charge in [-0.1, -0.05) is 102 Å². The number of unbranched alkanes of at least 4 members (excludes halogenated alkanes) is 12. The maximum atomic E-state index is 12.7. The normalized spacial score (nSPS) is 11.0. The molecule has 0 aliphatic heterocycles. The Balaban J connectivity index is 1.41. The fourth-order valence-electron chi connectivity index (χ4n) is 4.74. The Morgan fingerprint density at radius 3 is 1.93 bits per heavy atom. The number of rotatable bonds is 20. The lowest BCUT2D eigenvalue weighted by atomic mass is 10.1. The van der Waals surface area contributed by atoms with Gasteiger partial charge in [0.15, 0.2) is 5.82 Å². The minimum absolute atomic E-state index is 0.377. The molecule has 0 atom stereocenters. The van der Waals surface area contributed by atoms with Crippen molar-refractivity contribution in [3.8, 4) is 22.9 Å². The average Bonchev–Trinajstić information content (AvgIpc) is 2.99. The minimum atomic E-state index is -0.468. The van der Waals surface area contributed by atoms with Crippen molar-refractivity contribution < 1.29 is 14.3 Å². The van der Waals surface area contributed by atoms with Gasteiger partial charge in [0, 0.05) is 18.0 Å². The van der Waals surface area contributed by atoms with E-state index in [1.165, 1.54) is 82.6 Å². The lowest BCUT2D eigenvalue weighted by Crippen LogP contribution is -2.08. The van der Waals surface area contributed by atoms with Crippen LogP contribution in [0.4, 0.5) is 0 Å². The van der Waals surface area contributed by atoms with E-state index < -0.39 is 5.97 Å². The van der Waals surface area contributed by atoms with Crippen LogP contribution in [-0.4, -0.2) is 22.5 Å². The molecular weight excluding hydrogens is 532 g/mol. The van der Waals surface area contributed by atoms with Crippen LogP contribution in [0.5, 0.6) is 11.5 Å². The summed E-state index contributed by atoms with van der Waals surface area (Å²) in [7, 11) is 0. The third-order valence-corrected chi connectivity index (χ3v) is 7.57. The first-order valence-electron chi connectivity index (χ1n) is 15.7. The molecule has 1 aromatic heterocycles. The smallest absolute Gasteiger partial charge is 0.343 e. The second-order valence-corrected chi connectivity index (χ2v) is 11.2.